The lowest BCUT2D eigenvalue weighted by Crippen LogP contribution is -2.09. The second kappa shape index (κ2) is 7.80. The number of nitrogens with zero attached hydrogens (tertiary/aromatic N) is 3. The molecule has 0 aliphatic rings. The fraction of sp³-hybridized carbons (Fsp3) is 0.357. The molecule has 1 heterocycles. The Bertz CT molecular complexity index is 567. The predicted molar refractivity (Wildman–Crippen MR) is 86.7 cm³/mol. The maximum atomic E-state index is 5.77. The first-order chi connectivity index (χ1) is 10.2. The monoisotopic (exact) mass is 305 g/mol. The summed E-state index contributed by atoms with van der Waals surface area (Å²) in [5, 5.41) is 3.26. The first-order valence-corrected chi connectivity index (χ1v) is 7.68. The Morgan fingerprint density at radius 1 is 1.24 bits per heavy atom. The summed E-state index contributed by atoms with van der Waals surface area (Å²) in [5.74, 6) is 2.23. The maximum Gasteiger partial charge on any atom is 0.232 e. The molecule has 0 aliphatic carbocycles. The summed E-state index contributed by atoms with van der Waals surface area (Å²) in [7, 11) is 1.69. The Kier molecular flexibility index (Phi) is 5.77. The average molecular weight is 305 g/mol. The van der Waals surface area contributed by atoms with Crippen molar-refractivity contribution in [2.45, 2.75) is 12.2 Å². The highest BCUT2D eigenvalue weighted by Crippen LogP contribution is 2.26. The molecule has 0 aliphatic heterocycles. The zero-order valence-corrected chi connectivity index (χ0v) is 12.9. The molecule has 21 heavy (non-hydrogen) atoms. The predicted octanol–water partition coefficient (Wildman–Crippen LogP) is 2.64. The van der Waals surface area contributed by atoms with Crippen molar-refractivity contribution in [1.29, 1.82) is 0 Å². The standard InChI is InChI=1S/C14H19N5OS/c1-10(21-9-8-20-2)12-17-13(15)19-14(18-12)16-11-6-4-3-5-7-11/h3-7,10H,8-9H2,1-2H3,(H3,15,16,17,18,19)/t10-/m0/s1. The lowest BCUT2D eigenvalue weighted by atomic mass is 10.3. The molecule has 0 amide bonds. The smallest absolute Gasteiger partial charge is 0.232 e. The number of nitrogens with two attached hydrogens (primary N) is 1. The van der Waals surface area contributed by atoms with E-state index in [9.17, 15) is 0 Å². The number of thioether (sulfide) groups is 1. The summed E-state index contributed by atoms with van der Waals surface area (Å²) < 4.78 is 5.04. The van der Waals surface area contributed by atoms with Gasteiger partial charge >= 0.3 is 0 Å². The molecule has 0 saturated carbocycles. The van der Waals surface area contributed by atoms with Crippen LogP contribution < -0.4 is 11.1 Å². The normalized spacial score (nSPS) is 12.1. The fourth-order valence-corrected chi connectivity index (χ4v) is 2.55. The van der Waals surface area contributed by atoms with E-state index in [2.05, 4.69) is 20.3 Å². The highest BCUT2D eigenvalue weighted by Gasteiger charge is 2.12. The van der Waals surface area contributed by atoms with Crippen molar-refractivity contribution in [1.82, 2.24) is 15.0 Å². The molecule has 0 radical (unpaired) electrons. The molecule has 0 unspecified atom stereocenters. The van der Waals surface area contributed by atoms with Crippen molar-refractivity contribution in [2.75, 3.05) is 30.5 Å². The molecule has 1 aromatic carbocycles. The van der Waals surface area contributed by atoms with E-state index in [1.807, 2.05) is 37.3 Å². The number of ether oxygens (including phenoxy) is 1. The Balaban J connectivity index is 2.09. The van der Waals surface area contributed by atoms with Gasteiger partial charge < -0.3 is 15.8 Å². The minimum Gasteiger partial charge on any atom is -0.384 e. The Hall–Kier alpha value is -1.86. The Morgan fingerprint density at radius 2 is 2.00 bits per heavy atom. The van der Waals surface area contributed by atoms with Crippen LogP contribution in [0.2, 0.25) is 0 Å². The van der Waals surface area contributed by atoms with E-state index in [0.717, 1.165) is 11.4 Å². The second-order valence-electron chi connectivity index (χ2n) is 4.37. The molecule has 3 N–H and O–H groups in total. The summed E-state index contributed by atoms with van der Waals surface area (Å²) in [6, 6.07) is 9.72. The molecule has 6 nitrogen and oxygen atoms in total. The van der Waals surface area contributed by atoms with Gasteiger partial charge in [0.2, 0.25) is 11.9 Å². The molecular formula is C14H19N5OS. The van der Waals surface area contributed by atoms with Crippen LogP contribution in [0.25, 0.3) is 0 Å². The van der Waals surface area contributed by atoms with E-state index in [0.29, 0.717) is 18.4 Å². The number of aromatic nitrogens is 3. The van der Waals surface area contributed by atoms with Gasteiger partial charge in [0.15, 0.2) is 0 Å². The van der Waals surface area contributed by atoms with Gasteiger partial charge in [0.1, 0.15) is 5.82 Å². The summed E-state index contributed by atoms with van der Waals surface area (Å²) in [6.07, 6.45) is 0. The summed E-state index contributed by atoms with van der Waals surface area (Å²) in [5.41, 5.74) is 6.68. The number of nitrogen functional groups attached to an aromatic ring is 1. The largest absolute Gasteiger partial charge is 0.384 e. The second-order valence-corrected chi connectivity index (χ2v) is 5.82. The van der Waals surface area contributed by atoms with Gasteiger partial charge in [-0.05, 0) is 19.1 Å². The van der Waals surface area contributed by atoms with Crippen molar-refractivity contribution in [3.05, 3.63) is 36.2 Å². The van der Waals surface area contributed by atoms with Gasteiger partial charge in [0.05, 0.1) is 11.9 Å². The molecule has 112 valence electrons. The topological polar surface area (TPSA) is 86.0 Å². The summed E-state index contributed by atoms with van der Waals surface area (Å²) >= 11 is 1.72. The van der Waals surface area contributed by atoms with Crippen LogP contribution in [0.1, 0.15) is 18.0 Å². The van der Waals surface area contributed by atoms with E-state index in [1.165, 1.54) is 0 Å². The Labute approximate surface area is 128 Å². The number of anilines is 3. The van der Waals surface area contributed by atoms with Crippen LogP contribution >= 0.6 is 11.8 Å². The lowest BCUT2D eigenvalue weighted by molar-refractivity contribution is 0.218. The van der Waals surface area contributed by atoms with Gasteiger partial charge in [-0.3, -0.25) is 0 Å². The van der Waals surface area contributed by atoms with Gasteiger partial charge in [-0.15, -0.1) is 11.8 Å². The van der Waals surface area contributed by atoms with Crippen molar-refractivity contribution >= 4 is 29.3 Å². The molecule has 1 atom stereocenters. The van der Waals surface area contributed by atoms with Crippen LogP contribution in [-0.2, 0) is 4.74 Å². The van der Waals surface area contributed by atoms with Crippen LogP contribution in [-0.4, -0.2) is 34.4 Å². The number of methoxy groups -OCH3 is 1. The lowest BCUT2D eigenvalue weighted by Gasteiger charge is -2.12. The number of para-hydroxylation sites is 1. The van der Waals surface area contributed by atoms with E-state index in [4.69, 9.17) is 10.5 Å². The minimum absolute atomic E-state index is 0.127. The molecule has 0 saturated heterocycles. The van der Waals surface area contributed by atoms with Crippen LogP contribution in [0.4, 0.5) is 17.6 Å². The molecule has 0 fully saturated rings. The average Bonchev–Trinajstić information content (AvgIpc) is 2.48. The number of hydrogen-bond donors (Lipinski definition) is 2. The van der Waals surface area contributed by atoms with Crippen molar-refractivity contribution < 1.29 is 4.74 Å². The zero-order chi connectivity index (χ0) is 15.1. The molecule has 0 bridgehead atoms. The highest BCUT2D eigenvalue weighted by atomic mass is 32.2. The molecule has 0 spiro atoms. The van der Waals surface area contributed by atoms with Gasteiger partial charge in [-0.1, -0.05) is 18.2 Å². The molecule has 1 aromatic heterocycles. The van der Waals surface area contributed by atoms with Gasteiger partial charge in [0, 0.05) is 18.6 Å². The fourth-order valence-electron chi connectivity index (χ4n) is 1.68. The molecular weight excluding hydrogens is 286 g/mol. The van der Waals surface area contributed by atoms with E-state index in [-0.39, 0.29) is 11.2 Å². The van der Waals surface area contributed by atoms with E-state index < -0.39 is 0 Å². The molecule has 2 aromatic rings. The van der Waals surface area contributed by atoms with E-state index >= 15 is 0 Å². The SMILES string of the molecule is COCCS[C@@H](C)c1nc(N)nc(Nc2ccccc2)n1. The minimum atomic E-state index is 0.127. The molecule has 7 heteroatoms. The highest BCUT2D eigenvalue weighted by molar-refractivity contribution is 7.99. The van der Waals surface area contributed by atoms with Crippen LogP contribution in [0, 0.1) is 0 Å². The number of nitrogens with one attached hydrogen (secondary N) is 1. The van der Waals surface area contributed by atoms with Crippen LogP contribution in [0.3, 0.4) is 0 Å². The number of hydrogen-bond acceptors (Lipinski definition) is 7. The van der Waals surface area contributed by atoms with Gasteiger partial charge in [-0.25, -0.2) is 0 Å². The first-order valence-electron chi connectivity index (χ1n) is 6.63. The number of rotatable bonds is 7. The third kappa shape index (κ3) is 4.87. The zero-order valence-electron chi connectivity index (χ0n) is 12.1. The summed E-state index contributed by atoms with van der Waals surface area (Å²) in [6.45, 7) is 2.74. The van der Waals surface area contributed by atoms with E-state index in [1.54, 1.807) is 18.9 Å². The van der Waals surface area contributed by atoms with Gasteiger partial charge in [-0.2, -0.15) is 15.0 Å². The Morgan fingerprint density at radius 3 is 2.71 bits per heavy atom. The third-order valence-electron chi connectivity index (χ3n) is 2.72. The third-order valence-corrected chi connectivity index (χ3v) is 3.83. The van der Waals surface area contributed by atoms with Crippen molar-refractivity contribution in [3.63, 3.8) is 0 Å². The quantitative estimate of drug-likeness (QED) is 0.760. The first kappa shape index (κ1) is 15.5. The van der Waals surface area contributed by atoms with Crippen LogP contribution in [0.15, 0.2) is 30.3 Å². The van der Waals surface area contributed by atoms with Crippen LogP contribution in [0.5, 0.6) is 0 Å². The maximum absolute atomic E-state index is 5.77. The molecule has 2 rings (SSSR count). The van der Waals surface area contributed by atoms with Crippen molar-refractivity contribution in [3.8, 4) is 0 Å². The summed E-state index contributed by atoms with van der Waals surface area (Å²) in [4.78, 5) is 12.8. The van der Waals surface area contributed by atoms with Crippen molar-refractivity contribution in [2.24, 2.45) is 0 Å². The van der Waals surface area contributed by atoms with Gasteiger partial charge in [0.25, 0.3) is 0 Å². The number of benzene rings is 1.